The molecule has 3 heterocycles. The van der Waals surface area contributed by atoms with Gasteiger partial charge in [-0.3, -0.25) is 4.79 Å². The number of benzene rings is 1. The molecule has 0 saturated heterocycles. The predicted molar refractivity (Wildman–Crippen MR) is 114 cm³/mol. The smallest absolute Gasteiger partial charge is 0.411 e. The lowest BCUT2D eigenvalue weighted by atomic mass is 9.86. The van der Waals surface area contributed by atoms with Crippen LogP contribution >= 0.6 is 11.6 Å². The standard InChI is InChI=1S/C21H17ClF5N5O2/c1-10-17(31-16-5-2-11(22)8-32(10)16)18(33)29-12-3-4-14(24)13(6-12)20(9-23)7-15(21(25,26)27)30-19(28)34-20/h2-6,8,15H,7,9H2,1H3,(H2,28,30)(H,29,33)/t15-,20+/m0/s1. The van der Waals surface area contributed by atoms with Crippen molar-refractivity contribution in [2.75, 3.05) is 12.0 Å². The van der Waals surface area contributed by atoms with E-state index in [0.717, 1.165) is 12.1 Å². The van der Waals surface area contributed by atoms with E-state index in [-0.39, 0.29) is 11.4 Å². The Labute approximate surface area is 194 Å². The Morgan fingerprint density at radius 3 is 2.76 bits per heavy atom. The normalized spacial score (nSPS) is 20.7. The summed E-state index contributed by atoms with van der Waals surface area (Å²) in [4.78, 5) is 20.2. The van der Waals surface area contributed by atoms with Crippen LogP contribution in [0, 0.1) is 12.7 Å². The fraction of sp³-hybridized carbons (Fsp3) is 0.286. The number of rotatable bonds is 4. The summed E-state index contributed by atoms with van der Waals surface area (Å²) < 4.78 is 75.4. The molecule has 4 rings (SSSR count). The molecule has 0 radical (unpaired) electrons. The van der Waals surface area contributed by atoms with Crippen LogP contribution < -0.4 is 11.1 Å². The van der Waals surface area contributed by atoms with Crippen molar-refractivity contribution < 1.29 is 31.5 Å². The van der Waals surface area contributed by atoms with E-state index in [0.29, 0.717) is 16.4 Å². The molecule has 0 unspecified atom stereocenters. The Morgan fingerprint density at radius 2 is 2.09 bits per heavy atom. The van der Waals surface area contributed by atoms with Crippen LogP contribution in [0.3, 0.4) is 0 Å². The van der Waals surface area contributed by atoms with E-state index in [9.17, 15) is 26.7 Å². The lowest BCUT2D eigenvalue weighted by Crippen LogP contribution is -2.48. The maximum atomic E-state index is 14.7. The first-order valence-electron chi connectivity index (χ1n) is 9.84. The highest BCUT2D eigenvalue weighted by atomic mass is 35.5. The van der Waals surface area contributed by atoms with Gasteiger partial charge in [-0.1, -0.05) is 11.6 Å². The largest absolute Gasteiger partial charge is 0.451 e. The lowest BCUT2D eigenvalue weighted by Gasteiger charge is -2.38. The summed E-state index contributed by atoms with van der Waals surface area (Å²) in [5, 5.41) is 2.92. The van der Waals surface area contributed by atoms with Gasteiger partial charge in [0.25, 0.3) is 11.9 Å². The first-order chi connectivity index (χ1) is 15.9. The average molecular weight is 502 g/mol. The van der Waals surface area contributed by atoms with E-state index in [2.05, 4.69) is 15.3 Å². The number of nitrogens with zero attached hydrogens (tertiary/aromatic N) is 3. The third-order valence-corrected chi connectivity index (χ3v) is 5.67. The summed E-state index contributed by atoms with van der Waals surface area (Å²) in [6.45, 7) is 0.116. The summed E-state index contributed by atoms with van der Waals surface area (Å²) in [7, 11) is 0. The van der Waals surface area contributed by atoms with E-state index >= 15 is 0 Å². The monoisotopic (exact) mass is 501 g/mol. The van der Waals surface area contributed by atoms with Crippen molar-refractivity contribution in [1.82, 2.24) is 9.38 Å². The van der Waals surface area contributed by atoms with Crippen LogP contribution in [0.4, 0.5) is 27.6 Å². The lowest BCUT2D eigenvalue weighted by molar-refractivity contribution is -0.167. The molecule has 0 spiro atoms. The Kier molecular flexibility index (Phi) is 5.88. The number of aliphatic imine (C=N–C) groups is 1. The molecule has 0 bridgehead atoms. The SMILES string of the molecule is Cc1c(C(=O)Nc2ccc(F)c([C@]3(CF)C[C@@H](C(F)(F)F)N=C(N)O3)c2)nc2ccc(Cl)cn12. The van der Waals surface area contributed by atoms with Crippen LogP contribution in [0.25, 0.3) is 5.65 Å². The number of nitrogens with two attached hydrogens (primary N) is 1. The summed E-state index contributed by atoms with van der Waals surface area (Å²) in [6, 6.07) is 2.96. The van der Waals surface area contributed by atoms with Gasteiger partial charge >= 0.3 is 6.18 Å². The minimum absolute atomic E-state index is 0.0167. The number of aryl methyl sites for hydroxylation is 1. The molecule has 0 aliphatic carbocycles. The molecule has 1 aliphatic heterocycles. The summed E-state index contributed by atoms with van der Waals surface area (Å²) >= 11 is 5.98. The summed E-state index contributed by atoms with van der Waals surface area (Å²) in [5.74, 6) is -1.71. The number of amidine groups is 1. The molecule has 1 amide bonds. The van der Waals surface area contributed by atoms with Crippen LogP contribution in [0.5, 0.6) is 0 Å². The molecule has 0 saturated carbocycles. The minimum atomic E-state index is -4.85. The number of aromatic nitrogens is 2. The van der Waals surface area contributed by atoms with E-state index in [1.54, 1.807) is 29.7 Å². The van der Waals surface area contributed by atoms with Crippen molar-refractivity contribution in [3.05, 3.63) is 64.3 Å². The number of pyridine rings is 1. The average Bonchev–Trinajstić information content (AvgIpc) is 3.10. The van der Waals surface area contributed by atoms with Crippen molar-refractivity contribution in [2.45, 2.75) is 31.2 Å². The second kappa shape index (κ2) is 8.42. The third-order valence-electron chi connectivity index (χ3n) is 5.45. The van der Waals surface area contributed by atoms with Gasteiger partial charge in [0.2, 0.25) is 0 Å². The van der Waals surface area contributed by atoms with E-state index in [1.165, 1.54) is 6.07 Å². The van der Waals surface area contributed by atoms with E-state index < -0.39 is 54.2 Å². The van der Waals surface area contributed by atoms with Crippen molar-refractivity contribution in [1.29, 1.82) is 0 Å². The molecule has 1 aromatic carbocycles. The van der Waals surface area contributed by atoms with Crippen molar-refractivity contribution in [3.8, 4) is 0 Å². The highest BCUT2D eigenvalue weighted by Gasteiger charge is 2.52. The van der Waals surface area contributed by atoms with Gasteiger partial charge in [0.15, 0.2) is 11.6 Å². The van der Waals surface area contributed by atoms with E-state index in [1.807, 2.05) is 0 Å². The molecule has 3 N–H and O–H groups in total. The quantitative estimate of drug-likeness (QED) is 0.514. The molecule has 2 atom stereocenters. The maximum Gasteiger partial charge on any atom is 0.411 e. The number of carbonyl (C=O) groups excluding carboxylic acids is 1. The first-order valence-corrected chi connectivity index (χ1v) is 10.2. The molecule has 180 valence electrons. The zero-order valence-corrected chi connectivity index (χ0v) is 18.2. The Morgan fingerprint density at radius 1 is 1.35 bits per heavy atom. The highest BCUT2D eigenvalue weighted by molar-refractivity contribution is 6.30. The second-order valence-corrected chi connectivity index (χ2v) is 8.17. The highest BCUT2D eigenvalue weighted by Crippen LogP contribution is 2.42. The van der Waals surface area contributed by atoms with Crippen molar-refractivity contribution in [2.24, 2.45) is 10.7 Å². The summed E-state index contributed by atoms with van der Waals surface area (Å²) in [6.07, 6.45) is -4.31. The molecule has 0 fully saturated rings. The van der Waals surface area contributed by atoms with Gasteiger partial charge in [-0.25, -0.2) is 18.8 Å². The van der Waals surface area contributed by atoms with Crippen LogP contribution in [-0.4, -0.2) is 40.2 Å². The van der Waals surface area contributed by atoms with Gasteiger partial charge in [-0.15, -0.1) is 0 Å². The zero-order chi connectivity index (χ0) is 24.8. The number of carbonyl (C=O) groups is 1. The van der Waals surface area contributed by atoms with Crippen LogP contribution in [0.2, 0.25) is 5.02 Å². The number of anilines is 1. The Balaban J connectivity index is 1.68. The van der Waals surface area contributed by atoms with E-state index in [4.69, 9.17) is 22.1 Å². The fourth-order valence-electron chi connectivity index (χ4n) is 3.78. The number of nitrogens with one attached hydrogen (secondary N) is 1. The fourth-order valence-corrected chi connectivity index (χ4v) is 3.94. The first kappa shape index (κ1) is 23.7. The van der Waals surface area contributed by atoms with Gasteiger partial charge in [0, 0.05) is 23.9 Å². The van der Waals surface area contributed by atoms with Gasteiger partial charge < -0.3 is 20.2 Å². The number of ether oxygens (including phenoxy) is 1. The zero-order valence-electron chi connectivity index (χ0n) is 17.5. The number of imidazole rings is 1. The number of alkyl halides is 4. The van der Waals surface area contributed by atoms with Crippen molar-refractivity contribution in [3.63, 3.8) is 0 Å². The molecule has 7 nitrogen and oxygen atoms in total. The van der Waals surface area contributed by atoms with Gasteiger partial charge in [0.05, 0.1) is 10.7 Å². The van der Waals surface area contributed by atoms with Crippen LogP contribution in [0.1, 0.15) is 28.2 Å². The number of halogens is 6. The Hall–Kier alpha value is -3.41. The van der Waals surface area contributed by atoms with Gasteiger partial charge in [0.1, 0.15) is 23.8 Å². The topological polar surface area (TPSA) is 94.0 Å². The maximum absolute atomic E-state index is 14.7. The molecule has 13 heteroatoms. The summed E-state index contributed by atoms with van der Waals surface area (Å²) in [5.41, 5.74) is 3.38. The molecule has 2 aromatic heterocycles. The molecular weight excluding hydrogens is 485 g/mol. The van der Waals surface area contributed by atoms with Gasteiger partial charge in [-0.2, -0.15) is 13.2 Å². The third kappa shape index (κ3) is 4.25. The number of hydrogen-bond acceptors (Lipinski definition) is 5. The number of hydrogen-bond donors (Lipinski definition) is 2. The minimum Gasteiger partial charge on any atom is -0.451 e. The van der Waals surface area contributed by atoms with Crippen LogP contribution in [0.15, 0.2) is 41.5 Å². The Bertz CT molecular complexity index is 1310. The molecule has 1 aliphatic rings. The second-order valence-electron chi connectivity index (χ2n) is 7.73. The number of fused-ring (bicyclic) bond motifs is 1. The molecule has 3 aromatic rings. The van der Waals surface area contributed by atoms with Crippen LogP contribution in [-0.2, 0) is 10.3 Å². The van der Waals surface area contributed by atoms with Gasteiger partial charge in [-0.05, 0) is 37.3 Å². The molecular formula is C21H17ClF5N5O2. The predicted octanol–water partition coefficient (Wildman–Crippen LogP) is 4.52. The number of amides is 1. The van der Waals surface area contributed by atoms with Crippen molar-refractivity contribution >= 4 is 34.9 Å². The molecule has 34 heavy (non-hydrogen) atoms.